The lowest BCUT2D eigenvalue weighted by molar-refractivity contribution is 1.08. The number of fused-ring (bicyclic) bond motifs is 7. The van der Waals surface area contributed by atoms with Gasteiger partial charge in [-0.1, -0.05) is 182 Å². The topological polar surface area (TPSA) is 38.7 Å². The van der Waals surface area contributed by atoms with Crippen LogP contribution in [0, 0.1) is 0 Å². The van der Waals surface area contributed by atoms with Crippen molar-refractivity contribution in [2.45, 2.75) is 0 Å². The molecule has 0 atom stereocenters. The van der Waals surface area contributed by atoms with Gasteiger partial charge in [0.1, 0.15) is 0 Å². The summed E-state index contributed by atoms with van der Waals surface area (Å²) in [7, 11) is 0. The Morgan fingerprint density at radius 2 is 0.885 bits per heavy atom. The van der Waals surface area contributed by atoms with Crippen LogP contribution >= 0.6 is 11.3 Å². The van der Waals surface area contributed by atoms with Crippen LogP contribution < -0.4 is 0 Å². The lowest BCUT2D eigenvalue weighted by Gasteiger charge is -2.17. The molecular weight excluding hydrogens is 759 g/mol. The summed E-state index contributed by atoms with van der Waals surface area (Å²) in [6, 6.07) is 76.0. The number of hydrogen-bond acceptors (Lipinski definition) is 4. The Labute approximate surface area is 356 Å². The summed E-state index contributed by atoms with van der Waals surface area (Å²) in [6.07, 6.45) is 0. The van der Waals surface area contributed by atoms with Crippen molar-refractivity contribution in [3.63, 3.8) is 0 Å². The Balaban J connectivity index is 1.02. The molecular formula is C57H35N3S. The quantitative estimate of drug-likeness (QED) is 0.157. The van der Waals surface area contributed by atoms with Crippen LogP contribution in [0.5, 0.6) is 0 Å². The average Bonchev–Trinajstić information content (AvgIpc) is 3.73. The van der Waals surface area contributed by atoms with E-state index in [2.05, 4.69) is 194 Å². The van der Waals surface area contributed by atoms with Crippen molar-refractivity contribution in [2.75, 3.05) is 0 Å². The van der Waals surface area contributed by atoms with E-state index < -0.39 is 0 Å². The first-order valence-corrected chi connectivity index (χ1v) is 21.4. The fourth-order valence-electron chi connectivity index (χ4n) is 9.03. The van der Waals surface area contributed by atoms with E-state index in [4.69, 9.17) is 15.0 Å². The van der Waals surface area contributed by atoms with Gasteiger partial charge in [-0.3, -0.25) is 0 Å². The summed E-state index contributed by atoms with van der Waals surface area (Å²) in [5, 5.41) is 9.78. The van der Waals surface area contributed by atoms with Crippen LogP contribution in [-0.2, 0) is 0 Å². The van der Waals surface area contributed by atoms with Crippen LogP contribution in [0.4, 0.5) is 0 Å². The van der Waals surface area contributed by atoms with Crippen LogP contribution in [0.3, 0.4) is 0 Å². The minimum Gasteiger partial charge on any atom is -0.208 e. The number of benzene rings is 10. The van der Waals surface area contributed by atoms with Crippen LogP contribution in [-0.4, -0.2) is 15.0 Å². The Morgan fingerprint density at radius 3 is 1.72 bits per heavy atom. The fourth-order valence-corrected chi connectivity index (χ4v) is 10.2. The van der Waals surface area contributed by atoms with Gasteiger partial charge in [-0.05, 0) is 96.0 Å². The van der Waals surface area contributed by atoms with Crippen LogP contribution in [0.1, 0.15) is 0 Å². The normalized spacial score (nSPS) is 11.6. The zero-order valence-electron chi connectivity index (χ0n) is 33.0. The first-order chi connectivity index (χ1) is 30.2. The molecule has 4 heteroatoms. The summed E-state index contributed by atoms with van der Waals surface area (Å²) >= 11 is 1.79. The number of aromatic nitrogens is 3. The Morgan fingerprint density at radius 1 is 0.279 bits per heavy atom. The third-order valence-electron chi connectivity index (χ3n) is 11.9. The highest BCUT2D eigenvalue weighted by Crippen LogP contribution is 2.43. The van der Waals surface area contributed by atoms with Gasteiger partial charge in [0, 0.05) is 36.9 Å². The van der Waals surface area contributed by atoms with Gasteiger partial charge in [-0.25, -0.2) is 15.0 Å². The Kier molecular flexibility index (Phi) is 8.36. The molecule has 3 nitrogen and oxygen atoms in total. The van der Waals surface area contributed by atoms with E-state index in [1.807, 2.05) is 18.2 Å². The standard InChI is InChI=1S/C57H35N3S/c1-3-15-36(16-4-1)44-32-31-37-17-7-8-22-43(37)53(44)41-30-29-40-34-50(45-23-9-10-24-46(45)51(40)35-41)39-20-13-21-42(33-39)56-58-55(38-18-5-2-6-19-38)59-57(60-56)49-27-14-26-48-47-25-11-12-28-52(47)61-54(48)49/h1-35H. The molecule has 0 spiro atoms. The van der Waals surface area contributed by atoms with Crippen molar-refractivity contribution >= 4 is 63.8 Å². The number of nitrogens with zero attached hydrogens (tertiary/aromatic N) is 3. The van der Waals surface area contributed by atoms with Gasteiger partial charge >= 0.3 is 0 Å². The smallest absolute Gasteiger partial charge is 0.165 e. The zero-order valence-corrected chi connectivity index (χ0v) is 33.8. The molecule has 2 aromatic heterocycles. The predicted molar refractivity (Wildman–Crippen MR) is 258 cm³/mol. The maximum absolute atomic E-state index is 5.24. The number of hydrogen-bond donors (Lipinski definition) is 0. The molecule has 0 aliphatic rings. The lowest BCUT2D eigenvalue weighted by atomic mass is 9.87. The second-order valence-electron chi connectivity index (χ2n) is 15.5. The molecule has 0 N–H and O–H groups in total. The highest BCUT2D eigenvalue weighted by atomic mass is 32.1. The molecule has 12 aromatic rings. The molecule has 10 aromatic carbocycles. The SMILES string of the molecule is c1ccc(-c2nc(-c3cccc(-c4cc5ccc(-c6c(-c7ccccc7)ccc7ccccc67)cc5c5ccccc45)c3)nc(-c3cccc4c3sc3ccccc34)n2)cc1. The van der Waals surface area contributed by atoms with Gasteiger partial charge < -0.3 is 0 Å². The molecule has 2 heterocycles. The van der Waals surface area contributed by atoms with E-state index in [1.54, 1.807) is 11.3 Å². The molecule has 0 saturated carbocycles. The molecule has 0 fully saturated rings. The molecule has 284 valence electrons. The molecule has 0 bridgehead atoms. The molecule has 0 amide bonds. The van der Waals surface area contributed by atoms with Gasteiger partial charge in [0.25, 0.3) is 0 Å². The molecule has 0 aliphatic carbocycles. The third-order valence-corrected chi connectivity index (χ3v) is 13.1. The van der Waals surface area contributed by atoms with E-state index in [9.17, 15) is 0 Å². The van der Waals surface area contributed by atoms with E-state index in [0.29, 0.717) is 17.5 Å². The zero-order chi connectivity index (χ0) is 40.3. The van der Waals surface area contributed by atoms with Gasteiger partial charge in [-0.2, -0.15) is 0 Å². The van der Waals surface area contributed by atoms with E-state index >= 15 is 0 Å². The van der Waals surface area contributed by atoms with Crippen LogP contribution in [0.15, 0.2) is 212 Å². The molecule has 61 heavy (non-hydrogen) atoms. The fraction of sp³-hybridized carbons (Fsp3) is 0. The van der Waals surface area contributed by atoms with Crippen LogP contribution in [0.2, 0.25) is 0 Å². The van der Waals surface area contributed by atoms with Gasteiger partial charge in [-0.15, -0.1) is 11.3 Å². The monoisotopic (exact) mass is 793 g/mol. The highest BCUT2D eigenvalue weighted by Gasteiger charge is 2.19. The average molecular weight is 794 g/mol. The van der Waals surface area contributed by atoms with Gasteiger partial charge in [0.2, 0.25) is 0 Å². The van der Waals surface area contributed by atoms with Crippen molar-refractivity contribution in [2.24, 2.45) is 0 Å². The first kappa shape index (κ1) is 35.2. The minimum atomic E-state index is 0.642. The second kappa shape index (κ2) is 14.5. The van der Waals surface area contributed by atoms with Gasteiger partial charge in [0.05, 0.1) is 0 Å². The molecule has 0 saturated heterocycles. The predicted octanol–water partition coefficient (Wildman–Crippen LogP) is 15.7. The third kappa shape index (κ3) is 6.07. The minimum absolute atomic E-state index is 0.642. The maximum atomic E-state index is 5.24. The van der Waals surface area contributed by atoms with E-state index in [1.165, 1.54) is 80.3 Å². The summed E-state index contributed by atoms with van der Waals surface area (Å²) in [5.41, 5.74) is 10.1. The number of thiophene rings is 1. The molecule has 0 aliphatic heterocycles. The molecule has 12 rings (SSSR count). The first-order valence-electron chi connectivity index (χ1n) is 20.6. The number of rotatable bonds is 6. The maximum Gasteiger partial charge on any atom is 0.165 e. The van der Waals surface area contributed by atoms with Crippen molar-refractivity contribution in [3.05, 3.63) is 212 Å². The summed E-state index contributed by atoms with van der Waals surface area (Å²) in [6.45, 7) is 0. The second-order valence-corrected chi connectivity index (χ2v) is 16.6. The van der Waals surface area contributed by atoms with E-state index in [-0.39, 0.29) is 0 Å². The Hall–Kier alpha value is -7.79. The van der Waals surface area contributed by atoms with Crippen molar-refractivity contribution in [1.29, 1.82) is 0 Å². The summed E-state index contributed by atoms with van der Waals surface area (Å²) in [5.74, 6) is 1.96. The van der Waals surface area contributed by atoms with Crippen LogP contribution in [0.25, 0.3) is 120 Å². The van der Waals surface area contributed by atoms with Gasteiger partial charge in [0.15, 0.2) is 17.5 Å². The van der Waals surface area contributed by atoms with Crippen molar-refractivity contribution in [3.8, 4) is 67.5 Å². The molecule has 0 unspecified atom stereocenters. The highest BCUT2D eigenvalue weighted by molar-refractivity contribution is 7.26. The summed E-state index contributed by atoms with van der Waals surface area (Å²) < 4.78 is 2.43. The lowest BCUT2D eigenvalue weighted by Crippen LogP contribution is -2.00. The van der Waals surface area contributed by atoms with Crippen molar-refractivity contribution in [1.82, 2.24) is 15.0 Å². The largest absolute Gasteiger partial charge is 0.208 e. The molecule has 0 radical (unpaired) electrons. The van der Waals surface area contributed by atoms with E-state index in [0.717, 1.165) is 22.3 Å². The summed E-state index contributed by atoms with van der Waals surface area (Å²) in [4.78, 5) is 15.5. The Bertz CT molecular complexity index is 3650. The van der Waals surface area contributed by atoms with Crippen molar-refractivity contribution < 1.29 is 0 Å².